The lowest BCUT2D eigenvalue weighted by Gasteiger charge is -2.17. The molecule has 2 aromatic carbocycles. The number of rotatable bonds is 5. The maximum Gasteiger partial charge on any atom is 0.0458 e. The van der Waals surface area contributed by atoms with Crippen LogP contribution in [0.1, 0.15) is 30.5 Å². The van der Waals surface area contributed by atoms with Gasteiger partial charge in [0.15, 0.2) is 0 Å². The van der Waals surface area contributed by atoms with Gasteiger partial charge in [-0.15, -0.1) is 0 Å². The van der Waals surface area contributed by atoms with Crippen molar-refractivity contribution < 1.29 is 0 Å². The number of aromatic nitrogens is 1. The monoisotopic (exact) mass is 278 g/mol. The molecule has 0 aliphatic carbocycles. The molecule has 0 amide bonds. The summed E-state index contributed by atoms with van der Waals surface area (Å²) < 4.78 is 0. The van der Waals surface area contributed by atoms with Crippen LogP contribution in [-0.4, -0.2) is 11.5 Å². The number of fused-ring (bicyclic) bond motifs is 1. The number of aromatic amines is 1. The molecule has 3 rings (SSSR count). The van der Waals surface area contributed by atoms with Crippen molar-refractivity contribution >= 4 is 16.6 Å². The highest BCUT2D eigenvalue weighted by molar-refractivity contribution is 5.85. The lowest BCUT2D eigenvalue weighted by molar-refractivity contribution is 0.695. The number of aryl methyl sites for hydroxylation is 1. The molecule has 0 radical (unpaired) electrons. The van der Waals surface area contributed by atoms with Crippen molar-refractivity contribution in [1.82, 2.24) is 4.98 Å². The normalized spacial score (nSPS) is 12.5. The molecule has 21 heavy (non-hydrogen) atoms. The van der Waals surface area contributed by atoms with Crippen LogP contribution in [-0.2, 0) is 0 Å². The Bertz CT molecular complexity index is 713. The van der Waals surface area contributed by atoms with E-state index in [-0.39, 0.29) is 0 Å². The third-order valence-electron chi connectivity index (χ3n) is 4.17. The van der Waals surface area contributed by atoms with Crippen molar-refractivity contribution in [2.45, 2.75) is 26.2 Å². The van der Waals surface area contributed by atoms with Crippen molar-refractivity contribution in [2.24, 2.45) is 0 Å². The Morgan fingerprint density at radius 3 is 2.48 bits per heavy atom. The van der Waals surface area contributed by atoms with Crippen LogP contribution in [0.5, 0.6) is 0 Å². The van der Waals surface area contributed by atoms with E-state index in [1.54, 1.807) is 0 Å². The first-order valence-corrected chi connectivity index (χ1v) is 7.65. The summed E-state index contributed by atoms with van der Waals surface area (Å²) in [5, 5.41) is 4.92. The minimum Gasteiger partial charge on any atom is -0.384 e. The predicted molar refractivity (Wildman–Crippen MR) is 91.0 cm³/mol. The summed E-state index contributed by atoms with van der Waals surface area (Å²) >= 11 is 0. The minimum atomic E-state index is 0.515. The van der Waals surface area contributed by atoms with E-state index in [0.29, 0.717) is 5.92 Å². The molecule has 0 bridgehead atoms. The SMILES string of the molecule is CCC(CNc1ccccc1)c1c(C)[nH]c2ccccc12. The van der Waals surface area contributed by atoms with E-state index < -0.39 is 0 Å². The van der Waals surface area contributed by atoms with Gasteiger partial charge >= 0.3 is 0 Å². The average Bonchev–Trinajstić information content (AvgIpc) is 2.86. The van der Waals surface area contributed by atoms with Crippen LogP contribution < -0.4 is 5.32 Å². The van der Waals surface area contributed by atoms with Crippen LogP contribution in [0, 0.1) is 6.92 Å². The molecular formula is C19H22N2. The molecule has 0 aliphatic rings. The standard InChI is InChI=1S/C19H22N2/c1-3-15(13-20-16-9-5-4-6-10-16)19-14(2)21-18-12-8-7-11-17(18)19/h4-12,15,20-21H,3,13H2,1-2H3. The van der Waals surface area contributed by atoms with Crippen molar-refractivity contribution in [3.63, 3.8) is 0 Å². The highest BCUT2D eigenvalue weighted by atomic mass is 14.9. The molecule has 0 aliphatic heterocycles. The summed E-state index contributed by atoms with van der Waals surface area (Å²) in [6.07, 6.45) is 1.13. The van der Waals surface area contributed by atoms with Crippen molar-refractivity contribution in [2.75, 3.05) is 11.9 Å². The first kappa shape index (κ1) is 13.7. The lowest BCUT2D eigenvalue weighted by atomic mass is 9.93. The Morgan fingerprint density at radius 2 is 1.71 bits per heavy atom. The van der Waals surface area contributed by atoms with Gasteiger partial charge in [0.25, 0.3) is 0 Å². The van der Waals surface area contributed by atoms with Crippen LogP contribution in [0.2, 0.25) is 0 Å². The van der Waals surface area contributed by atoms with E-state index >= 15 is 0 Å². The van der Waals surface area contributed by atoms with E-state index in [1.165, 1.54) is 27.8 Å². The third-order valence-corrected chi connectivity index (χ3v) is 4.17. The van der Waals surface area contributed by atoms with Crippen molar-refractivity contribution in [3.8, 4) is 0 Å². The van der Waals surface area contributed by atoms with Crippen LogP contribution >= 0.6 is 0 Å². The number of hydrogen-bond donors (Lipinski definition) is 2. The maximum atomic E-state index is 3.56. The maximum absolute atomic E-state index is 3.56. The molecule has 1 atom stereocenters. The van der Waals surface area contributed by atoms with Crippen LogP contribution in [0.15, 0.2) is 54.6 Å². The van der Waals surface area contributed by atoms with Crippen LogP contribution in [0.4, 0.5) is 5.69 Å². The van der Waals surface area contributed by atoms with E-state index in [9.17, 15) is 0 Å². The van der Waals surface area contributed by atoms with Gasteiger partial charge in [0.05, 0.1) is 0 Å². The molecule has 2 N–H and O–H groups in total. The Balaban J connectivity index is 1.86. The average molecular weight is 278 g/mol. The molecule has 0 saturated heterocycles. The largest absolute Gasteiger partial charge is 0.384 e. The van der Waals surface area contributed by atoms with Crippen LogP contribution in [0.25, 0.3) is 10.9 Å². The molecule has 2 nitrogen and oxygen atoms in total. The molecule has 108 valence electrons. The van der Waals surface area contributed by atoms with Crippen molar-refractivity contribution in [1.29, 1.82) is 0 Å². The highest BCUT2D eigenvalue weighted by Crippen LogP contribution is 2.31. The number of H-pyrrole nitrogens is 1. The van der Waals surface area contributed by atoms with E-state index in [2.05, 4.69) is 72.7 Å². The van der Waals surface area contributed by atoms with Gasteiger partial charge < -0.3 is 10.3 Å². The van der Waals surface area contributed by atoms with E-state index in [4.69, 9.17) is 0 Å². The minimum absolute atomic E-state index is 0.515. The van der Waals surface area contributed by atoms with Gasteiger partial charge in [-0.1, -0.05) is 43.3 Å². The van der Waals surface area contributed by atoms with E-state index in [1.807, 2.05) is 6.07 Å². The fourth-order valence-corrected chi connectivity index (χ4v) is 3.07. The fourth-order valence-electron chi connectivity index (χ4n) is 3.07. The molecule has 2 heteroatoms. The molecule has 0 spiro atoms. The Hall–Kier alpha value is -2.22. The van der Waals surface area contributed by atoms with Gasteiger partial charge in [-0.25, -0.2) is 0 Å². The third kappa shape index (κ3) is 2.80. The van der Waals surface area contributed by atoms with Gasteiger partial charge in [-0.2, -0.15) is 0 Å². The van der Waals surface area contributed by atoms with Gasteiger partial charge in [0.1, 0.15) is 0 Å². The summed E-state index contributed by atoms with van der Waals surface area (Å²) in [6, 6.07) is 19.0. The smallest absolute Gasteiger partial charge is 0.0458 e. The number of para-hydroxylation sites is 2. The summed E-state index contributed by atoms with van der Waals surface area (Å²) in [6.45, 7) is 5.41. The predicted octanol–water partition coefficient (Wildman–Crippen LogP) is 5.08. The molecular weight excluding hydrogens is 256 g/mol. The van der Waals surface area contributed by atoms with Gasteiger partial charge in [0, 0.05) is 34.7 Å². The summed E-state index contributed by atoms with van der Waals surface area (Å²) in [4.78, 5) is 3.51. The second-order valence-corrected chi connectivity index (χ2v) is 5.56. The van der Waals surface area contributed by atoms with E-state index in [0.717, 1.165) is 13.0 Å². The molecule has 1 heterocycles. The first-order valence-electron chi connectivity index (χ1n) is 7.65. The quantitative estimate of drug-likeness (QED) is 0.669. The second-order valence-electron chi connectivity index (χ2n) is 5.56. The summed E-state index contributed by atoms with van der Waals surface area (Å²) in [5.74, 6) is 0.515. The number of anilines is 1. The Kier molecular flexibility index (Phi) is 3.96. The highest BCUT2D eigenvalue weighted by Gasteiger charge is 2.17. The topological polar surface area (TPSA) is 27.8 Å². The molecule has 1 aromatic heterocycles. The second kappa shape index (κ2) is 6.04. The number of hydrogen-bond acceptors (Lipinski definition) is 1. The molecule has 0 saturated carbocycles. The first-order chi connectivity index (χ1) is 10.3. The zero-order valence-corrected chi connectivity index (χ0v) is 12.7. The molecule has 1 unspecified atom stereocenters. The van der Waals surface area contributed by atoms with Gasteiger partial charge in [-0.3, -0.25) is 0 Å². The number of benzene rings is 2. The Morgan fingerprint density at radius 1 is 1.00 bits per heavy atom. The van der Waals surface area contributed by atoms with Crippen LogP contribution in [0.3, 0.4) is 0 Å². The molecule has 0 fully saturated rings. The molecule has 3 aromatic rings. The fraction of sp³-hybridized carbons (Fsp3) is 0.263. The Labute approximate surface area is 126 Å². The van der Waals surface area contributed by atoms with Gasteiger partial charge in [-0.05, 0) is 37.1 Å². The van der Waals surface area contributed by atoms with Crippen molar-refractivity contribution in [3.05, 3.63) is 65.9 Å². The lowest BCUT2D eigenvalue weighted by Crippen LogP contribution is -2.12. The van der Waals surface area contributed by atoms with Gasteiger partial charge in [0.2, 0.25) is 0 Å². The summed E-state index contributed by atoms with van der Waals surface area (Å²) in [5.41, 5.74) is 5.17. The zero-order valence-electron chi connectivity index (χ0n) is 12.7. The zero-order chi connectivity index (χ0) is 14.7. The number of nitrogens with one attached hydrogen (secondary N) is 2. The summed E-state index contributed by atoms with van der Waals surface area (Å²) in [7, 11) is 0.